The van der Waals surface area contributed by atoms with Gasteiger partial charge in [0.1, 0.15) is 5.75 Å². The first-order valence-electron chi connectivity index (χ1n) is 6.98. The molecule has 0 aliphatic carbocycles. The molecule has 0 bridgehead atoms. The Balaban J connectivity index is 2.36. The number of rotatable bonds is 9. The Morgan fingerprint density at radius 3 is 2.47 bits per heavy atom. The van der Waals surface area contributed by atoms with Crippen molar-refractivity contribution in [3.63, 3.8) is 0 Å². The van der Waals surface area contributed by atoms with Crippen molar-refractivity contribution in [1.29, 1.82) is 0 Å². The van der Waals surface area contributed by atoms with E-state index in [1.807, 2.05) is 24.3 Å². The molecule has 1 unspecified atom stereocenters. The average molecular weight is 374 g/mol. The molecule has 2 nitrogen and oxygen atoms in total. The third kappa shape index (κ3) is 6.41. The normalized spacial score (nSPS) is 12.2. The number of alkyl halides is 1. The number of Topliss-reactive ketones (excluding diaryl/α,β-unsaturated/α-hetero) is 1. The van der Waals surface area contributed by atoms with Gasteiger partial charge in [0.2, 0.25) is 0 Å². The van der Waals surface area contributed by atoms with Gasteiger partial charge in [0, 0.05) is 15.9 Å². The van der Waals surface area contributed by atoms with E-state index in [1.165, 1.54) is 25.7 Å². The van der Waals surface area contributed by atoms with Gasteiger partial charge in [-0.05, 0) is 30.7 Å². The lowest BCUT2D eigenvalue weighted by atomic mass is 10.0. The summed E-state index contributed by atoms with van der Waals surface area (Å²) >= 11 is 2.40. The van der Waals surface area contributed by atoms with Gasteiger partial charge in [-0.15, -0.1) is 0 Å². The molecule has 0 fully saturated rings. The Hall–Kier alpha value is -0.580. The molecule has 0 saturated carbocycles. The van der Waals surface area contributed by atoms with Gasteiger partial charge in [-0.25, -0.2) is 0 Å². The van der Waals surface area contributed by atoms with E-state index in [4.69, 9.17) is 4.74 Å². The van der Waals surface area contributed by atoms with E-state index in [-0.39, 0.29) is 5.78 Å². The zero-order valence-corrected chi connectivity index (χ0v) is 14.0. The van der Waals surface area contributed by atoms with Crippen molar-refractivity contribution < 1.29 is 9.53 Å². The number of carbonyl (C=O) groups is 1. The predicted octanol–water partition coefficient (Wildman–Crippen LogP) is 5.04. The molecular formula is C16H23IO2. The second-order valence-electron chi connectivity index (χ2n) is 4.80. The maximum absolute atomic E-state index is 12.1. The van der Waals surface area contributed by atoms with Gasteiger partial charge in [0.05, 0.1) is 7.11 Å². The summed E-state index contributed by atoms with van der Waals surface area (Å²) in [5, 5.41) is 0. The van der Waals surface area contributed by atoms with E-state index in [0.29, 0.717) is 10.3 Å². The number of halogens is 1. The highest BCUT2D eigenvalue weighted by atomic mass is 127. The third-order valence-electron chi connectivity index (χ3n) is 3.19. The second-order valence-corrected chi connectivity index (χ2v) is 6.56. The monoisotopic (exact) mass is 374 g/mol. The molecular weight excluding hydrogens is 351 g/mol. The van der Waals surface area contributed by atoms with Crippen LogP contribution in [0.2, 0.25) is 0 Å². The number of benzene rings is 1. The van der Waals surface area contributed by atoms with Crippen LogP contribution in [0.25, 0.3) is 0 Å². The Labute approximate surface area is 130 Å². The number of carbonyl (C=O) groups excluding carboxylic acids is 1. The lowest BCUT2D eigenvalue weighted by Crippen LogP contribution is -2.08. The van der Waals surface area contributed by atoms with Crippen LogP contribution in [0.4, 0.5) is 0 Å². The Morgan fingerprint density at radius 1 is 1.21 bits per heavy atom. The van der Waals surface area contributed by atoms with Crippen LogP contribution >= 0.6 is 22.6 Å². The molecule has 0 aliphatic heterocycles. The number of methoxy groups -OCH3 is 1. The molecule has 1 atom stereocenters. The summed E-state index contributed by atoms with van der Waals surface area (Å²) in [6, 6.07) is 7.39. The number of hydrogen-bond acceptors (Lipinski definition) is 2. The van der Waals surface area contributed by atoms with Crippen LogP contribution in [0.3, 0.4) is 0 Å². The Bertz CT molecular complexity index is 373. The van der Waals surface area contributed by atoms with E-state index in [0.717, 1.165) is 17.7 Å². The molecule has 0 heterocycles. The molecule has 106 valence electrons. The Kier molecular flexibility index (Phi) is 8.10. The van der Waals surface area contributed by atoms with Gasteiger partial charge in [0.15, 0.2) is 5.78 Å². The zero-order chi connectivity index (χ0) is 14.1. The van der Waals surface area contributed by atoms with Crippen LogP contribution in [0.5, 0.6) is 5.75 Å². The predicted molar refractivity (Wildman–Crippen MR) is 88.5 cm³/mol. The van der Waals surface area contributed by atoms with Crippen LogP contribution in [0, 0.1) is 0 Å². The Morgan fingerprint density at radius 2 is 1.89 bits per heavy atom. The number of ketones is 1. The summed E-state index contributed by atoms with van der Waals surface area (Å²) in [6.45, 7) is 2.22. The average Bonchev–Trinajstić information content (AvgIpc) is 2.43. The SMILES string of the molecule is CCCCCCC(I)CC(=O)c1ccc(OC)cc1. The second kappa shape index (κ2) is 9.34. The fourth-order valence-electron chi connectivity index (χ4n) is 1.99. The molecule has 0 aliphatic rings. The topological polar surface area (TPSA) is 26.3 Å². The van der Waals surface area contributed by atoms with Gasteiger partial charge in [-0.2, -0.15) is 0 Å². The van der Waals surface area contributed by atoms with Gasteiger partial charge < -0.3 is 4.74 Å². The lowest BCUT2D eigenvalue weighted by Gasteiger charge is -2.09. The van der Waals surface area contributed by atoms with E-state index >= 15 is 0 Å². The summed E-state index contributed by atoms with van der Waals surface area (Å²) in [4.78, 5) is 12.1. The summed E-state index contributed by atoms with van der Waals surface area (Å²) in [5.74, 6) is 1.03. The third-order valence-corrected chi connectivity index (χ3v) is 4.25. The first-order chi connectivity index (χ1) is 9.17. The fourth-order valence-corrected chi connectivity index (χ4v) is 2.83. The molecule has 0 saturated heterocycles. The summed E-state index contributed by atoms with van der Waals surface area (Å²) in [5.41, 5.74) is 0.788. The molecule has 0 N–H and O–H groups in total. The highest BCUT2D eigenvalue weighted by Crippen LogP contribution is 2.19. The van der Waals surface area contributed by atoms with Crippen LogP contribution in [-0.2, 0) is 0 Å². The van der Waals surface area contributed by atoms with Crippen molar-refractivity contribution >= 4 is 28.4 Å². The minimum absolute atomic E-state index is 0.234. The molecule has 0 spiro atoms. The molecule has 3 heteroatoms. The summed E-state index contributed by atoms with van der Waals surface area (Å²) < 4.78 is 5.54. The van der Waals surface area contributed by atoms with E-state index in [9.17, 15) is 4.79 Å². The maximum Gasteiger partial charge on any atom is 0.163 e. The summed E-state index contributed by atoms with van der Waals surface area (Å²) in [6.07, 6.45) is 6.86. The lowest BCUT2D eigenvalue weighted by molar-refractivity contribution is 0.0982. The van der Waals surface area contributed by atoms with Crippen LogP contribution < -0.4 is 4.74 Å². The molecule has 1 rings (SSSR count). The van der Waals surface area contributed by atoms with E-state index < -0.39 is 0 Å². The van der Waals surface area contributed by atoms with Crippen LogP contribution in [0.1, 0.15) is 55.8 Å². The number of ether oxygens (including phenoxy) is 1. The fraction of sp³-hybridized carbons (Fsp3) is 0.562. The first-order valence-corrected chi connectivity index (χ1v) is 8.23. The largest absolute Gasteiger partial charge is 0.497 e. The van der Waals surface area contributed by atoms with Crippen molar-refractivity contribution in [3.05, 3.63) is 29.8 Å². The zero-order valence-electron chi connectivity index (χ0n) is 11.8. The van der Waals surface area contributed by atoms with E-state index in [1.54, 1.807) is 7.11 Å². The number of unbranched alkanes of at least 4 members (excludes halogenated alkanes) is 3. The molecule has 0 aromatic heterocycles. The van der Waals surface area contributed by atoms with Gasteiger partial charge in [-0.1, -0.05) is 55.2 Å². The molecule has 1 aromatic rings. The van der Waals surface area contributed by atoms with Gasteiger partial charge in [0.25, 0.3) is 0 Å². The van der Waals surface area contributed by atoms with Crippen LogP contribution in [-0.4, -0.2) is 16.8 Å². The van der Waals surface area contributed by atoms with Crippen molar-refractivity contribution in [2.45, 2.75) is 49.4 Å². The highest BCUT2D eigenvalue weighted by Gasteiger charge is 2.12. The highest BCUT2D eigenvalue weighted by molar-refractivity contribution is 14.1. The standard InChI is InChI=1S/C16H23IO2/c1-3-4-5-6-7-14(17)12-16(18)13-8-10-15(19-2)11-9-13/h8-11,14H,3-7,12H2,1-2H3. The molecule has 0 amide bonds. The van der Waals surface area contributed by atoms with Gasteiger partial charge >= 0.3 is 0 Å². The molecule has 1 aromatic carbocycles. The molecule has 0 radical (unpaired) electrons. The first kappa shape index (κ1) is 16.5. The minimum atomic E-state index is 0.234. The van der Waals surface area contributed by atoms with Crippen molar-refractivity contribution in [2.75, 3.05) is 7.11 Å². The van der Waals surface area contributed by atoms with E-state index in [2.05, 4.69) is 29.5 Å². The van der Waals surface area contributed by atoms with Crippen LogP contribution in [0.15, 0.2) is 24.3 Å². The van der Waals surface area contributed by atoms with Crippen molar-refractivity contribution in [3.8, 4) is 5.75 Å². The van der Waals surface area contributed by atoms with Crippen molar-refractivity contribution in [2.24, 2.45) is 0 Å². The number of hydrogen-bond donors (Lipinski definition) is 0. The summed E-state index contributed by atoms with van der Waals surface area (Å²) in [7, 11) is 1.63. The van der Waals surface area contributed by atoms with Gasteiger partial charge in [-0.3, -0.25) is 4.79 Å². The molecule has 19 heavy (non-hydrogen) atoms. The quantitative estimate of drug-likeness (QED) is 0.262. The van der Waals surface area contributed by atoms with Crippen molar-refractivity contribution in [1.82, 2.24) is 0 Å². The minimum Gasteiger partial charge on any atom is -0.497 e. The smallest absolute Gasteiger partial charge is 0.163 e. The maximum atomic E-state index is 12.1.